The van der Waals surface area contributed by atoms with Gasteiger partial charge in [0.1, 0.15) is 11.9 Å². The standard InChI is InChI=1S/C17H22N4O3/c1-12-15(13(2)24-20-12)5-6-17(22)21-9-3-4-14(11-21)23-16-10-18-7-8-19-16/h7-8,10,14H,3-6,9,11H2,1-2H3/t14-/m0/s1. The van der Waals surface area contributed by atoms with Crippen molar-refractivity contribution in [2.24, 2.45) is 0 Å². The number of likely N-dealkylation sites (tertiary alicyclic amines) is 1. The van der Waals surface area contributed by atoms with Gasteiger partial charge in [0.2, 0.25) is 11.8 Å². The molecule has 1 amide bonds. The zero-order valence-corrected chi connectivity index (χ0v) is 14.1. The number of rotatable bonds is 5. The van der Waals surface area contributed by atoms with Gasteiger partial charge in [-0.25, -0.2) is 4.98 Å². The highest BCUT2D eigenvalue weighted by molar-refractivity contribution is 5.76. The van der Waals surface area contributed by atoms with Crippen LogP contribution in [-0.4, -0.2) is 45.1 Å². The van der Waals surface area contributed by atoms with Crippen LogP contribution in [-0.2, 0) is 11.2 Å². The lowest BCUT2D eigenvalue weighted by atomic mass is 10.1. The van der Waals surface area contributed by atoms with Crippen molar-refractivity contribution in [3.05, 3.63) is 35.6 Å². The van der Waals surface area contributed by atoms with Gasteiger partial charge in [-0.1, -0.05) is 5.16 Å². The van der Waals surface area contributed by atoms with Crippen LogP contribution in [0.5, 0.6) is 5.88 Å². The molecule has 0 bridgehead atoms. The Kier molecular flexibility index (Phi) is 5.08. The van der Waals surface area contributed by atoms with Gasteiger partial charge in [0.15, 0.2) is 0 Å². The van der Waals surface area contributed by atoms with E-state index in [1.807, 2.05) is 18.7 Å². The fourth-order valence-corrected chi connectivity index (χ4v) is 3.03. The van der Waals surface area contributed by atoms with Gasteiger partial charge in [0.05, 0.1) is 18.4 Å². The van der Waals surface area contributed by atoms with E-state index in [0.717, 1.165) is 36.4 Å². The molecule has 2 aromatic heterocycles. The maximum absolute atomic E-state index is 12.5. The van der Waals surface area contributed by atoms with Crippen molar-refractivity contribution in [2.75, 3.05) is 13.1 Å². The monoisotopic (exact) mass is 330 g/mol. The molecule has 2 aromatic rings. The second-order valence-corrected chi connectivity index (χ2v) is 6.07. The lowest BCUT2D eigenvalue weighted by molar-refractivity contribution is -0.133. The molecule has 0 N–H and O–H groups in total. The number of amides is 1. The van der Waals surface area contributed by atoms with Gasteiger partial charge >= 0.3 is 0 Å². The predicted molar refractivity (Wildman–Crippen MR) is 86.6 cm³/mol. The maximum atomic E-state index is 12.5. The summed E-state index contributed by atoms with van der Waals surface area (Å²) in [5.74, 6) is 1.44. The minimum atomic E-state index is -0.0292. The van der Waals surface area contributed by atoms with Crippen LogP contribution < -0.4 is 4.74 Å². The number of hydrogen-bond acceptors (Lipinski definition) is 6. The number of ether oxygens (including phenoxy) is 1. The first-order chi connectivity index (χ1) is 11.6. The zero-order chi connectivity index (χ0) is 16.9. The Labute approximate surface area is 141 Å². The summed E-state index contributed by atoms with van der Waals surface area (Å²) in [6.45, 7) is 5.16. The summed E-state index contributed by atoms with van der Waals surface area (Å²) in [5, 5.41) is 3.93. The Morgan fingerprint density at radius 1 is 1.42 bits per heavy atom. The second kappa shape index (κ2) is 7.42. The molecule has 24 heavy (non-hydrogen) atoms. The highest BCUT2D eigenvalue weighted by Crippen LogP contribution is 2.19. The largest absolute Gasteiger partial charge is 0.471 e. The van der Waals surface area contributed by atoms with E-state index < -0.39 is 0 Å². The van der Waals surface area contributed by atoms with Crippen LogP contribution in [0.1, 0.15) is 36.3 Å². The molecule has 1 saturated heterocycles. The third-order valence-corrected chi connectivity index (χ3v) is 4.33. The number of piperidine rings is 1. The van der Waals surface area contributed by atoms with E-state index in [0.29, 0.717) is 25.3 Å². The van der Waals surface area contributed by atoms with Crippen LogP contribution in [0.3, 0.4) is 0 Å². The Morgan fingerprint density at radius 3 is 3.00 bits per heavy atom. The summed E-state index contributed by atoms with van der Waals surface area (Å²) in [5.41, 5.74) is 1.90. The minimum Gasteiger partial charge on any atom is -0.471 e. The molecule has 7 nitrogen and oxygen atoms in total. The van der Waals surface area contributed by atoms with Gasteiger partial charge in [-0.3, -0.25) is 9.78 Å². The Bertz CT molecular complexity index is 667. The molecular weight excluding hydrogens is 308 g/mol. The molecular formula is C17H22N4O3. The van der Waals surface area contributed by atoms with E-state index in [1.54, 1.807) is 18.6 Å². The highest BCUT2D eigenvalue weighted by atomic mass is 16.5. The fraction of sp³-hybridized carbons (Fsp3) is 0.529. The Hall–Kier alpha value is -2.44. The fourth-order valence-electron chi connectivity index (χ4n) is 3.03. The van der Waals surface area contributed by atoms with Crippen molar-refractivity contribution in [2.45, 2.75) is 45.6 Å². The van der Waals surface area contributed by atoms with Gasteiger partial charge in [-0.15, -0.1) is 0 Å². The average molecular weight is 330 g/mol. The van der Waals surface area contributed by atoms with Crippen molar-refractivity contribution >= 4 is 5.91 Å². The summed E-state index contributed by atoms with van der Waals surface area (Å²) in [6, 6.07) is 0. The van der Waals surface area contributed by atoms with E-state index in [1.165, 1.54) is 0 Å². The third-order valence-electron chi connectivity index (χ3n) is 4.33. The quantitative estimate of drug-likeness (QED) is 0.835. The Morgan fingerprint density at radius 2 is 2.29 bits per heavy atom. The molecule has 3 heterocycles. The smallest absolute Gasteiger partial charge is 0.232 e. The number of aromatic nitrogens is 3. The molecule has 0 spiro atoms. The summed E-state index contributed by atoms with van der Waals surface area (Å²) in [7, 11) is 0. The van der Waals surface area contributed by atoms with Crippen molar-refractivity contribution in [3.8, 4) is 5.88 Å². The van der Waals surface area contributed by atoms with E-state index >= 15 is 0 Å². The lowest BCUT2D eigenvalue weighted by Gasteiger charge is -2.32. The average Bonchev–Trinajstić information content (AvgIpc) is 2.92. The molecule has 1 fully saturated rings. The topological polar surface area (TPSA) is 81.4 Å². The number of nitrogens with zero attached hydrogens (tertiary/aromatic N) is 4. The number of hydrogen-bond donors (Lipinski definition) is 0. The van der Waals surface area contributed by atoms with Gasteiger partial charge in [-0.05, 0) is 33.1 Å². The van der Waals surface area contributed by atoms with Crippen molar-refractivity contribution in [1.29, 1.82) is 0 Å². The van der Waals surface area contributed by atoms with Crippen LogP contribution in [0.15, 0.2) is 23.1 Å². The molecule has 1 aliphatic rings. The van der Waals surface area contributed by atoms with E-state index in [-0.39, 0.29) is 12.0 Å². The first kappa shape index (κ1) is 16.4. The highest BCUT2D eigenvalue weighted by Gasteiger charge is 2.25. The molecule has 3 rings (SSSR count). The number of carbonyl (C=O) groups excluding carboxylic acids is 1. The predicted octanol–water partition coefficient (Wildman–Crippen LogP) is 2.08. The van der Waals surface area contributed by atoms with E-state index in [4.69, 9.17) is 9.26 Å². The molecule has 1 atom stereocenters. The second-order valence-electron chi connectivity index (χ2n) is 6.07. The van der Waals surface area contributed by atoms with Crippen LogP contribution in [0.25, 0.3) is 0 Å². The number of carbonyl (C=O) groups is 1. The first-order valence-corrected chi connectivity index (χ1v) is 8.25. The normalized spacial score (nSPS) is 17.8. The molecule has 0 saturated carbocycles. The lowest BCUT2D eigenvalue weighted by Crippen LogP contribution is -2.44. The SMILES string of the molecule is Cc1noc(C)c1CCC(=O)N1CCC[C@H](Oc2cnccn2)C1. The molecule has 0 unspecified atom stereocenters. The van der Waals surface area contributed by atoms with Crippen molar-refractivity contribution in [1.82, 2.24) is 20.0 Å². The molecule has 0 radical (unpaired) electrons. The van der Waals surface area contributed by atoms with Crippen LogP contribution >= 0.6 is 0 Å². The summed E-state index contributed by atoms with van der Waals surface area (Å²) >= 11 is 0. The molecule has 0 aromatic carbocycles. The van der Waals surface area contributed by atoms with Gasteiger partial charge in [-0.2, -0.15) is 0 Å². The molecule has 0 aliphatic carbocycles. The van der Waals surface area contributed by atoms with Crippen molar-refractivity contribution < 1.29 is 14.1 Å². The summed E-state index contributed by atoms with van der Waals surface area (Å²) < 4.78 is 11.0. The Balaban J connectivity index is 1.53. The van der Waals surface area contributed by atoms with Gasteiger partial charge < -0.3 is 14.2 Å². The molecule has 128 valence electrons. The van der Waals surface area contributed by atoms with Crippen molar-refractivity contribution in [3.63, 3.8) is 0 Å². The van der Waals surface area contributed by atoms with Crippen LogP contribution in [0, 0.1) is 13.8 Å². The van der Waals surface area contributed by atoms with Crippen LogP contribution in [0.2, 0.25) is 0 Å². The zero-order valence-electron chi connectivity index (χ0n) is 14.1. The molecule has 1 aliphatic heterocycles. The van der Waals surface area contributed by atoms with E-state index in [9.17, 15) is 4.79 Å². The van der Waals surface area contributed by atoms with Crippen LogP contribution in [0.4, 0.5) is 0 Å². The summed E-state index contributed by atoms with van der Waals surface area (Å²) in [6.07, 6.45) is 7.75. The minimum absolute atomic E-state index is 0.0292. The van der Waals surface area contributed by atoms with Gasteiger partial charge in [0.25, 0.3) is 0 Å². The third kappa shape index (κ3) is 3.90. The molecule has 7 heteroatoms. The van der Waals surface area contributed by atoms with E-state index in [2.05, 4.69) is 15.1 Å². The number of aryl methyl sites for hydroxylation is 2. The maximum Gasteiger partial charge on any atom is 0.232 e. The van der Waals surface area contributed by atoms with Gasteiger partial charge in [0, 0.05) is 30.9 Å². The first-order valence-electron chi connectivity index (χ1n) is 8.25. The summed E-state index contributed by atoms with van der Waals surface area (Å²) in [4.78, 5) is 22.5.